The molecule has 0 atom stereocenters. The SMILES string of the molecule is CCCCCCCCCCCCC=CCS(=O)(=O)OCCC[SeH].[H-].[Na+]. The van der Waals surface area contributed by atoms with Crippen molar-refractivity contribution in [2.24, 2.45) is 0 Å². The molecule has 0 aliphatic heterocycles. The Morgan fingerprint density at radius 2 is 1.42 bits per heavy atom. The van der Waals surface area contributed by atoms with E-state index in [1.54, 1.807) is 6.08 Å². The zero-order valence-corrected chi connectivity index (χ0v) is 20.5. The molecule has 0 aromatic carbocycles. The van der Waals surface area contributed by atoms with Gasteiger partial charge in [-0.2, -0.15) is 0 Å². The Bertz CT molecular complexity index is 379. The van der Waals surface area contributed by atoms with Gasteiger partial charge in [0.2, 0.25) is 0 Å². The van der Waals surface area contributed by atoms with Crippen LogP contribution in [0.3, 0.4) is 0 Å². The molecule has 0 amide bonds. The van der Waals surface area contributed by atoms with Crippen LogP contribution in [0.1, 0.15) is 85.4 Å². The first-order valence-corrected chi connectivity index (χ1v) is 12.2. The zero-order chi connectivity index (χ0) is 17.2. The molecule has 0 fully saturated rings. The first-order valence-electron chi connectivity index (χ1n) is 9.25. The molecule has 0 aliphatic rings. The van der Waals surface area contributed by atoms with Gasteiger partial charge in [-0.3, -0.25) is 0 Å². The fourth-order valence-corrected chi connectivity index (χ4v) is 3.46. The molecule has 0 saturated carbocycles. The minimum absolute atomic E-state index is 0. The number of rotatable bonds is 17. The third-order valence-corrected chi connectivity index (χ3v) is 5.55. The van der Waals surface area contributed by atoms with E-state index in [0.29, 0.717) is 6.61 Å². The molecule has 24 heavy (non-hydrogen) atoms. The molecule has 6 heteroatoms. The standard InChI is InChI=1S/C18H36O3SSe.Na.H/c1-2-3-4-5-6-7-8-9-10-11-12-13-14-17-22(19,20)21-16-15-18-23;;/h13-14,23H,2-12,15-18H2,1H3;;/q;+1;-1. The second-order valence-electron chi connectivity index (χ2n) is 6.07. The molecule has 0 aliphatic carbocycles. The Morgan fingerprint density at radius 3 is 1.96 bits per heavy atom. The molecular weight excluding hydrogens is 398 g/mol. The summed E-state index contributed by atoms with van der Waals surface area (Å²) in [6.07, 6.45) is 18.7. The van der Waals surface area contributed by atoms with E-state index < -0.39 is 10.1 Å². The van der Waals surface area contributed by atoms with Crippen molar-refractivity contribution < 1.29 is 43.6 Å². The summed E-state index contributed by atoms with van der Waals surface area (Å²) < 4.78 is 27.9. The molecule has 0 saturated heterocycles. The van der Waals surface area contributed by atoms with Crippen LogP contribution in [-0.4, -0.2) is 36.8 Å². The predicted molar refractivity (Wildman–Crippen MR) is 103 cm³/mol. The molecule has 0 aromatic heterocycles. The van der Waals surface area contributed by atoms with Crippen LogP contribution >= 0.6 is 0 Å². The molecule has 0 unspecified atom stereocenters. The second kappa shape index (κ2) is 20.5. The summed E-state index contributed by atoms with van der Waals surface area (Å²) in [4.78, 5) is 0. The van der Waals surface area contributed by atoms with Gasteiger partial charge in [-0.1, -0.05) is 51.9 Å². The Labute approximate surface area is 182 Å². The van der Waals surface area contributed by atoms with Gasteiger partial charge in [-0.05, 0) is 0 Å². The van der Waals surface area contributed by atoms with E-state index in [0.717, 1.165) is 24.6 Å². The van der Waals surface area contributed by atoms with E-state index in [1.807, 2.05) is 6.08 Å². The van der Waals surface area contributed by atoms with Gasteiger partial charge < -0.3 is 1.43 Å². The van der Waals surface area contributed by atoms with Gasteiger partial charge in [0.25, 0.3) is 0 Å². The van der Waals surface area contributed by atoms with Crippen molar-refractivity contribution in [1.82, 2.24) is 0 Å². The van der Waals surface area contributed by atoms with Crippen LogP contribution in [0, 0.1) is 0 Å². The minimum Gasteiger partial charge on any atom is -1.00 e. The Balaban J connectivity index is -0.00000242. The van der Waals surface area contributed by atoms with Gasteiger partial charge >= 0.3 is 130 Å². The topological polar surface area (TPSA) is 43.4 Å². The summed E-state index contributed by atoms with van der Waals surface area (Å²) in [5.41, 5.74) is 0. The third kappa shape index (κ3) is 21.2. The van der Waals surface area contributed by atoms with Gasteiger partial charge in [0.1, 0.15) is 0 Å². The smallest absolute Gasteiger partial charge is 1.00 e. The first-order chi connectivity index (χ1) is 11.1. The summed E-state index contributed by atoms with van der Waals surface area (Å²) in [5.74, 6) is 0.00330. The summed E-state index contributed by atoms with van der Waals surface area (Å²) in [5, 5.41) is 0.886. The van der Waals surface area contributed by atoms with Crippen LogP contribution in [0.5, 0.6) is 0 Å². The molecule has 140 valence electrons. The number of hydrogen-bond donors (Lipinski definition) is 0. The van der Waals surface area contributed by atoms with Crippen molar-refractivity contribution in [2.75, 3.05) is 12.4 Å². The van der Waals surface area contributed by atoms with Gasteiger partial charge in [0.15, 0.2) is 0 Å². The molecule has 3 nitrogen and oxygen atoms in total. The Kier molecular flexibility index (Phi) is 23.4. The fourth-order valence-electron chi connectivity index (χ4n) is 2.35. The molecule has 0 spiro atoms. The van der Waals surface area contributed by atoms with E-state index in [9.17, 15) is 8.42 Å². The monoisotopic (exact) mass is 436 g/mol. The van der Waals surface area contributed by atoms with Crippen LogP contribution in [-0.2, 0) is 14.3 Å². The normalized spacial score (nSPS) is 11.8. The number of unbranched alkanes of at least 4 members (excludes halogenated alkanes) is 10. The predicted octanol–water partition coefficient (Wildman–Crippen LogP) is 2.03. The molecule has 0 aromatic rings. The van der Waals surface area contributed by atoms with Crippen molar-refractivity contribution in [3.05, 3.63) is 12.2 Å². The van der Waals surface area contributed by atoms with Crippen LogP contribution in [0.4, 0.5) is 0 Å². The summed E-state index contributed by atoms with van der Waals surface area (Å²) in [7, 11) is -3.36. The van der Waals surface area contributed by atoms with Crippen molar-refractivity contribution in [2.45, 2.75) is 89.3 Å². The van der Waals surface area contributed by atoms with Gasteiger partial charge in [0, 0.05) is 0 Å². The third-order valence-electron chi connectivity index (χ3n) is 3.76. The Morgan fingerprint density at radius 1 is 0.875 bits per heavy atom. The Hall–Kier alpha value is 1.17. The van der Waals surface area contributed by atoms with Crippen molar-refractivity contribution in [3.8, 4) is 0 Å². The van der Waals surface area contributed by atoms with E-state index in [2.05, 4.69) is 22.9 Å². The van der Waals surface area contributed by atoms with Gasteiger partial charge in [-0.25, -0.2) is 0 Å². The van der Waals surface area contributed by atoms with Gasteiger partial charge in [-0.15, -0.1) is 0 Å². The van der Waals surface area contributed by atoms with Crippen molar-refractivity contribution >= 4 is 26.1 Å². The average Bonchev–Trinajstić information content (AvgIpc) is 2.52. The van der Waals surface area contributed by atoms with Crippen LogP contribution in [0.2, 0.25) is 5.32 Å². The molecule has 0 rings (SSSR count). The molecule has 0 bridgehead atoms. The maximum Gasteiger partial charge on any atom is 1.00 e. The van der Waals surface area contributed by atoms with Gasteiger partial charge in [0.05, 0.1) is 0 Å². The number of allylic oxidation sites excluding steroid dienone is 1. The quantitative estimate of drug-likeness (QED) is 0.152. The van der Waals surface area contributed by atoms with Crippen LogP contribution < -0.4 is 29.6 Å². The van der Waals surface area contributed by atoms with Crippen molar-refractivity contribution in [3.63, 3.8) is 0 Å². The molecule has 0 N–H and O–H groups in total. The molecular formula is C18H37NaO3SSe. The summed E-state index contributed by atoms with van der Waals surface area (Å²) >= 11 is 2.43. The second-order valence-corrected chi connectivity index (χ2v) is 8.69. The number of hydrogen-bond acceptors (Lipinski definition) is 3. The van der Waals surface area contributed by atoms with E-state index in [1.165, 1.54) is 57.8 Å². The maximum atomic E-state index is 11.5. The van der Waals surface area contributed by atoms with Crippen LogP contribution in [0.25, 0.3) is 0 Å². The molecule has 0 heterocycles. The molecule has 0 radical (unpaired) electrons. The fraction of sp³-hybridized carbons (Fsp3) is 0.889. The average molecular weight is 436 g/mol. The maximum absolute atomic E-state index is 11.5. The van der Waals surface area contributed by atoms with E-state index in [4.69, 9.17) is 4.18 Å². The summed E-state index contributed by atoms with van der Waals surface area (Å²) in [6, 6.07) is 0. The van der Waals surface area contributed by atoms with E-state index in [-0.39, 0.29) is 36.7 Å². The minimum atomic E-state index is -3.36. The summed E-state index contributed by atoms with van der Waals surface area (Å²) in [6.45, 7) is 2.55. The van der Waals surface area contributed by atoms with E-state index >= 15 is 0 Å². The van der Waals surface area contributed by atoms with Crippen molar-refractivity contribution in [1.29, 1.82) is 0 Å². The zero-order valence-electron chi connectivity index (χ0n) is 16.8. The largest absolute Gasteiger partial charge is 1.00 e. The van der Waals surface area contributed by atoms with Crippen LogP contribution in [0.15, 0.2) is 12.2 Å². The first kappa shape index (κ1) is 27.4.